The summed E-state index contributed by atoms with van der Waals surface area (Å²) >= 11 is 0. The maximum atomic E-state index is 13.6. The zero-order chi connectivity index (χ0) is 30.3. The molecule has 0 heterocycles. The zero-order valence-electron chi connectivity index (χ0n) is 24.8. The summed E-state index contributed by atoms with van der Waals surface area (Å²) in [5.41, 5.74) is 22.1. The van der Waals surface area contributed by atoms with Crippen molar-refractivity contribution in [1.29, 1.82) is 0 Å². The van der Waals surface area contributed by atoms with Gasteiger partial charge < -0.3 is 33.6 Å². The van der Waals surface area contributed by atoms with Gasteiger partial charge in [-0.15, -0.1) is 0 Å². The Balaban J connectivity index is 5.37. The van der Waals surface area contributed by atoms with Gasteiger partial charge in [-0.1, -0.05) is 64.7 Å². The topological polar surface area (TPSA) is 217 Å². The molecule has 12 heteroatoms. The molecule has 0 aromatic heterocycles. The number of unbranched alkanes of at least 4 members (excludes halogenated alkanes) is 10. The standard InChI is InChI=1S/C28H55N7O5/c1-3-4-5-6-7-8-9-10-11-14-19-33-27(39)23(15-12-13-18-29)35(25(37)20-30)28(40)22(16-17-24(32)36)34-26(38)21(2)31/h21-23H,3-20,29-31H2,1-2H3,(H2,32,36)(H,33,39)(H,34,38)/t21-,22-,23-/m0/s1. The Labute approximate surface area is 240 Å². The third-order valence-electron chi connectivity index (χ3n) is 6.76. The molecular formula is C28H55N7O5. The van der Waals surface area contributed by atoms with Gasteiger partial charge >= 0.3 is 0 Å². The molecule has 10 N–H and O–H groups in total. The number of imide groups is 1. The number of nitrogens with one attached hydrogen (secondary N) is 2. The normalized spacial score (nSPS) is 13.2. The minimum atomic E-state index is -1.28. The van der Waals surface area contributed by atoms with Gasteiger partial charge in [-0.25, -0.2) is 0 Å². The van der Waals surface area contributed by atoms with Gasteiger partial charge in [0.1, 0.15) is 12.1 Å². The lowest BCUT2D eigenvalue weighted by Crippen LogP contribution is -2.60. The van der Waals surface area contributed by atoms with Crippen molar-refractivity contribution in [1.82, 2.24) is 15.5 Å². The van der Waals surface area contributed by atoms with E-state index in [1.165, 1.54) is 45.4 Å². The first-order valence-corrected chi connectivity index (χ1v) is 15.0. The Hall–Kier alpha value is -2.57. The van der Waals surface area contributed by atoms with Crippen LogP contribution in [0.4, 0.5) is 0 Å². The van der Waals surface area contributed by atoms with Gasteiger partial charge in [-0.3, -0.25) is 28.9 Å². The molecule has 0 aliphatic rings. The molecule has 0 saturated heterocycles. The summed E-state index contributed by atoms with van der Waals surface area (Å²) in [5.74, 6) is -3.41. The summed E-state index contributed by atoms with van der Waals surface area (Å²) in [7, 11) is 0. The smallest absolute Gasteiger partial charge is 0.252 e. The van der Waals surface area contributed by atoms with Crippen LogP contribution in [0.1, 0.15) is 110 Å². The predicted octanol–water partition coefficient (Wildman–Crippen LogP) is 0.933. The van der Waals surface area contributed by atoms with Crippen molar-refractivity contribution in [2.24, 2.45) is 22.9 Å². The van der Waals surface area contributed by atoms with Crippen LogP contribution in [0.5, 0.6) is 0 Å². The molecule has 0 aliphatic carbocycles. The fourth-order valence-corrected chi connectivity index (χ4v) is 4.37. The first kappa shape index (κ1) is 37.4. The second kappa shape index (κ2) is 23.2. The van der Waals surface area contributed by atoms with Crippen molar-refractivity contribution < 1.29 is 24.0 Å². The molecule has 40 heavy (non-hydrogen) atoms. The van der Waals surface area contributed by atoms with Crippen molar-refractivity contribution in [2.45, 2.75) is 128 Å². The van der Waals surface area contributed by atoms with Gasteiger partial charge in [0.15, 0.2) is 0 Å². The Morgan fingerprint density at radius 3 is 1.85 bits per heavy atom. The van der Waals surface area contributed by atoms with Gasteiger partial charge in [-0.2, -0.15) is 0 Å². The number of amides is 5. The van der Waals surface area contributed by atoms with Crippen LogP contribution in [-0.2, 0) is 24.0 Å². The predicted molar refractivity (Wildman–Crippen MR) is 156 cm³/mol. The lowest BCUT2D eigenvalue weighted by molar-refractivity contribution is -0.153. The molecule has 0 unspecified atom stereocenters. The molecule has 0 aliphatic heterocycles. The van der Waals surface area contributed by atoms with Crippen LogP contribution in [0, 0.1) is 0 Å². The summed E-state index contributed by atoms with van der Waals surface area (Å²) in [6.45, 7) is 3.92. The minimum Gasteiger partial charge on any atom is -0.370 e. The highest BCUT2D eigenvalue weighted by atomic mass is 16.2. The van der Waals surface area contributed by atoms with Crippen molar-refractivity contribution in [3.63, 3.8) is 0 Å². The highest BCUT2D eigenvalue weighted by molar-refractivity contribution is 6.04. The molecule has 0 bridgehead atoms. The molecule has 0 fully saturated rings. The summed E-state index contributed by atoms with van der Waals surface area (Å²) in [6.07, 6.45) is 12.5. The van der Waals surface area contributed by atoms with E-state index in [1.807, 2.05) is 0 Å². The van der Waals surface area contributed by atoms with E-state index in [2.05, 4.69) is 17.6 Å². The van der Waals surface area contributed by atoms with E-state index >= 15 is 0 Å². The van der Waals surface area contributed by atoms with Crippen LogP contribution >= 0.6 is 0 Å². The van der Waals surface area contributed by atoms with Gasteiger partial charge in [0.25, 0.3) is 5.91 Å². The average Bonchev–Trinajstić information content (AvgIpc) is 2.92. The molecule has 12 nitrogen and oxygen atoms in total. The summed E-state index contributed by atoms with van der Waals surface area (Å²) in [5, 5.41) is 5.33. The molecule has 0 spiro atoms. The monoisotopic (exact) mass is 569 g/mol. The van der Waals surface area contributed by atoms with Crippen LogP contribution < -0.4 is 33.6 Å². The third kappa shape index (κ3) is 16.5. The first-order valence-electron chi connectivity index (χ1n) is 15.0. The highest BCUT2D eigenvalue weighted by Gasteiger charge is 2.38. The van der Waals surface area contributed by atoms with Crippen molar-refractivity contribution in [3.8, 4) is 0 Å². The van der Waals surface area contributed by atoms with E-state index in [9.17, 15) is 24.0 Å². The van der Waals surface area contributed by atoms with E-state index in [-0.39, 0.29) is 19.3 Å². The second-order valence-corrected chi connectivity index (χ2v) is 10.4. The fourth-order valence-electron chi connectivity index (χ4n) is 4.37. The molecule has 3 atom stereocenters. The number of nitrogens with zero attached hydrogens (tertiary/aromatic N) is 1. The molecule has 0 radical (unpaired) electrons. The largest absolute Gasteiger partial charge is 0.370 e. The number of rotatable bonds is 24. The van der Waals surface area contributed by atoms with Crippen molar-refractivity contribution >= 4 is 29.5 Å². The van der Waals surface area contributed by atoms with Gasteiger partial charge in [-0.05, 0) is 45.6 Å². The number of nitrogens with two attached hydrogens (primary N) is 4. The Kier molecular flexibility index (Phi) is 21.7. The Bertz CT molecular complexity index is 763. The summed E-state index contributed by atoms with van der Waals surface area (Å²) < 4.78 is 0. The Morgan fingerprint density at radius 1 is 0.775 bits per heavy atom. The van der Waals surface area contributed by atoms with Crippen LogP contribution in [0.15, 0.2) is 0 Å². The molecule has 0 aromatic carbocycles. The third-order valence-corrected chi connectivity index (χ3v) is 6.76. The van der Waals surface area contributed by atoms with Crippen LogP contribution in [0.3, 0.4) is 0 Å². The molecule has 5 amide bonds. The maximum Gasteiger partial charge on any atom is 0.252 e. The van der Waals surface area contributed by atoms with Crippen LogP contribution in [0.2, 0.25) is 0 Å². The average molecular weight is 570 g/mol. The van der Waals surface area contributed by atoms with Gasteiger partial charge in [0.05, 0.1) is 12.6 Å². The molecular weight excluding hydrogens is 514 g/mol. The van der Waals surface area contributed by atoms with E-state index in [1.54, 1.807) is 0 Å². The van der Waals surface area contributed by atoms with Crippen molar-refractivity contribution in [3.05, 3.63) is 0 Å². The number of primary amides is 1. The molecule has 0 rings (SSSR count). The Morgan fingerprint density at radius 2 is 1.35 bits per heavy atom. The highest BCUT2D eigenvalue weighted by Crippen LogP contribution is 2.15. The summed E-state index contributed by atoms with van der Waals surface area (Å²) in [6, 6.07) is -3.36. The molecule has 232 valence electrons. The second-order valence-electron chi connectivity index (χ2n) is 10.4. The maximum absolute atomic E-state index is 13.6. The fraction of sp³-hybridized carbons (Fsp3) is 0.821. The lowest BCUT2D eigenvalue weighted by atomic mass is 10.0. The van der Waals surface area contributed by atoms with Crippen molar-refractivity contribution in [2.75, 3.05) is 19.6 Å². The number of carbonyl (C=O) groups is 5. The van der Waals surface area contributed by atoms with Crippen LogP contribution in [-0.4, -0.2) is 72.2 Å². The van der Waals surface area contributed by atoms with E-state index in [0.717, 1.165) is 30.6 Å². The van der Waals surface area contributed by atoms with E-state index < -0.39 is 54.2 Å². The SMILES string of the molecule is CCCCCCCCCCCCNC(=O)[C@H](CCCCN)N(C(=O)CN)C(=O)[C@H](CCC(N)=O)NC(=O)[C@H](C)N. The lowest BCUT2D eigenvalue weighted by Gasteiger charge is -2.32. The summed E-state index contributed by atoms with van der Waals surface area (Å²) in [4.78, 5) is 64.3. The quantitative estimate of drug-likeness (QED) is 0.0916. The molecule has 0 saturated carbocycles. The van der Waals surface area contributed by atoms with Gasteiger partial charge in [0.2, 0.25) is 23.6 Å². The molecule has 0 aromatic rings. The number of carbonyl (C=O) groups excluding carboxylic acids is 5. The van der Waals surface area contributed by atoms with E-state index in [4.69, 9.17) is 22.9 Å². The minimum absolute atomic E-state index is 0.156. The zero-order valence-corrected chi connectivity index (χ0v) is 24.8. The van der Waals surface area contributed by atoms with Crippen LogP contribution in [0.25, 0.3) is 0 Å². The number of hydrogen-bond donors (Lipinski definition) is 6. The number of hydrogen-bond acceptors (Lipinski definition) is 8. The van der Waals surface area contributed by atoms with Gasteiger partial charge in [0, 0.05) is 13.0 Å². The first-order chi connectivity index (χ1) is 19.1. The van der Waals surface area contributed by atoms with E-state index in [0.29, 0.717) is 25.9 Å².